The number of amides is 1. The Labute approximate surface area is 101 Å². The van der Waals surface area contributed by atoms with Gasteiger partial charge in [0, 0.05) is 31.0 Å². The van der Waals surface area contributed by atoms with Gasteiger partial charge in [-0.15, -0.1) is 0 Å². The molecule has 1 aliphatic rings. The molecule has 2 heterocycles. The molecule has 0 saturated carbocycles. The van der Waals surface area contributed by atoms with Gasteiger partial charge in [0.25, 0.3) is 0 Å². The van der Waals surface area contributed by atoms with Crippen LogP contribution in [0.5, 0.6) is 0 Å². The quantitative estimate of drug-likeness (QED) is 0.794. The maximum absolute atomic E-state index is 12.3. The molecule has 8 heteroatoms. The number of hydrogen-bond acceptors (Lipinski definition) is 4. The topological polar surface area (TPSA) is 72.1 Å². The predicted molar refractivity (Wildman–Crippen MR) is 55.1 cm³/mol. The molecule has 2 rings (SSSR count). The number of alkyl halides is 3. The van der Waals surface area contributed by atoms with E-state index in [4.69, 9.17) is 5.73 Å². The summed E-state index contributed by atoms with van der Waals surface area (Å²) in [5.74, 6) is -1.85. The average Bonchev–Trinajstić information content (AvgIpc) is 2.72. The van der Waals surface area contributed by atoms with Crippen molar-refractivity contribution in [1.29, 1.82) is 0 Å². The van der Waals surface area contributed by atoms with Gasteiger partial charge in [0.15, 0.2) is 0 Å². The molecule has 1 aromatic rings. The summed E-state index contributed by atoms with van der Waals surface area (Å²) in [5, 5.41) is 0. The minimum atomic E-state index is -4.86. The van der Waals surface area contributed by atoms with Crippen molar-refractivity contribution >= 4 is 5.91 Å². The van der Waals surface area contributed by atoms with Gasteiger partial charge in [0.05, 0.1) is 5.54 Å². The SMILES string of the molecule is NC1(c2cncnc2)CCN(C(=O)C(F)(F)F)C1. The summed E-state index contributed by atoms with van der Waals surface area (Å²) in [5.41, 5.74) is 5.53. The lowest BCUT2D eigenvalue weighted by Gasteiger charge is -2.24. The fourth-order valence-corrected chi connectivity index (χ4v) is 1.98. The molecule has 1 aromatic heterocycles. The fraction of sp³-hybridized carbons (Fsp3) is 0.500. The standard InChI is InChI=1S/C10H11F3N4O/c11-10(12,13)8(18)17-2-1-9(14,5-17)7-3-15-6-16-4-7/h3-4,6H,1-2,5,14H2. The van der Waals surface area contributed by atoms with E-state index in [-0.39, 0.29) is 19.5 Å². The number of likely N-dealkylation sites (tertiary alicyclic amines) is 1. The lowest BCUT2D eigenvalue weighted by atomic mass is 9.93. The van der Waals surface area contributed by atoms with Crippen LogP contribution in [0.4, 0.5) is 13.2 Å². The van der Waals surface area contributed by atoms with E-state index in [2.05, 4.69) is 9.97 Å². The molecule has 1 fully saturated rings. The first kappa shape index (κ1) is 12.7. The van der Waals surface area contributed by atoms with Crippen LogP contribution in [0.25, 0.3) is 0 Å². The molecule has 0 aromatic carbocycles. The lowest BCUT2D eigenvalue weighted by Crippen LogP contribution is -2.45. The van der Waals surface area contributed by atoms with Crippen molar-refractivity contribution in [3.8, 4) is 0 Å². The van der Waals surface area contributed by atoms with Gasteiger partial charge in [-0.25, -0.2) is 9.97 Å². The molecule has 0 aliphatic carbocycles. The molecule has 0 spiro atoms. The summed E-state index contributed by atoms with van der Waals surface area (Å²) >= 11 is 0. The van der Waals surface area contributed by atoms with Gasteiger partial charge >= 0.3 is 12.1 Å². The molecule has 0 radical (unpaired) electrons. The van der Waals surface area contributed by atoms with E-state index in [1.54, 1.807) is 0 Å². The van der Waals surface area contributed by atoms with E-state index >= 15 is 0 Å². The average molecular weight is 260 g/mol. The molecule has 1 saturated heterocycles. The number of carbonyl (C=O) groups excluding carboxylic acids is 1. The van der Waals surface area contributed by atoms with Crippen LogP contribution in [0.15, 0.2) is 18.7 Å². The summed E-state index contributed by atoms with van der Waals surface area (Å²) in [6.45, 7) is -0.206. The van der Waals surface area contributed by atoms with Gasteiger partial charge in [-0.1, -0.05) is 0 Å². The zero-order valence-corrected chi connectivity index (χ0v) is 9.31. The molecule has 98 valence electrons. The van der Waals surface area contributed by atoms with Gasteiger partial charge in [-0.3, -0.25) is 4.79 Å². The summed E-state index contributed by atoms with van der Waals surface area (Å²) < 4.78 is 36.9. The second-order valence-corrected chi connectivity index (χ2v) is 4.26. The Morgan fingerprint density at radius 1 is 1.39 bits per heavy atom. The van der Waals surface area contributed by atoms with Crippen molar-refractivity contribution in [1.82, 2.24) is 14.9 Å². The number of rotatable bonds is 1. The van der Waals surface area contributed by atoms with Crippen LogP contribution in [0.3, 0.4) is 0 Å². The molecule has 0 bridgehead atoms. The highest BCUT2D eigenvalue weighted by Gasteiger charge is 2.48. The molecule has 1 unspecified atom stereocenters. The highest BCUT2D eigenvalue weighted by molar-refractivity contribution is 5.82. The Bertz CT molecular complexity index is 450. The molecular weight excluding hydrogens is 249 g/mol. The first-order valence-corrected chi connectivity index (χ1v) is 5.23. The normalized spacial score (nSPS) is 24.3. The molecular formula is C10H11F3N4O. The minimum Gasteiger partial charge on any atom is -0.333 e. The molecule has 1 atom stereocenters. The van der Waals surface area contributed by atoms with Crippen LogP contribution in [0.1, 0.15) is 12.0 Å². The summed E-state index contributed by atoms with van der Waals surface area (Å²) in [6, 6.07) is 0. The lowest BCUT2D eigenvalue weighted by molar-refractivity contribution is -0.184. The van der Waals surface area contributed by atoms with Crippen molar-refractivity contribution in [2.45, 2.75) is 18.1 Å². The maximum atomic E-state index is 12.3. The van der Waals surface area contributed by atoms with E-state index < -0.39 is 17.6 Å². The maximum Gasteiger partial charge on any atom is 0.471 e. The van der Waals surface area contributed by atoms with Crippen LogP contribution in [-0.4, -0.2) is 40.0 Å². The third-order valence-electron chi connectivity index (χ3n) is 2.97. The van der Waals surface area contributed by atoms with Gasteiger partial charge < -0.3 is 10.6 Å². The van der Waals surface area contributed by atoms with E-state index in [0.29, 0.717) is 10.5 Å². The highest BCUT2D eigenvalue weighted by atomic mass is 19.4. The number of nitrogens with zero attached hydrogens (tertiary/aromatic N) is 3. The number of aromatic nitrogens is 2. The summed E-state index contributed by atoms with van der Waals surface area (Å²) in [4.78, 5) is 19.4. The number of nitrogens with two attached hydrogens (primary N) is 1. The number of carbonyl (C=O) groups is 1. The monoisotopic (exact) mass is 260 g/mol. The first-order chi connectivity index (χ1) is 8.33. The van der Waals surface area contributed by atoms with Gasteiger partial charge in [-0.05, 0) is 6.42 Å². The molecule has 1 amide bonds. The third kappa shape index (κ3) is 2.28. The van der Waals surface area contributed by atoms with E-state index in [0.717, 1.165) is 0 Å². The zero-order valence-electron chi connectivity index (χ0n) is 9.31. The Balaban J connectivity index is 2.15. The molecule has 2 N–H and O–H groups in total. The summed E-state index contributed by atoms with van der Waals surface area (Å²) in [6.07, 6.45) is -0.399. The minimum absolute atomic E-state index is 0.0241. The van der Waals surface area contributed by atoms with Crippen molar-refractivity contribution in [3.63, 3.8) is 0 Å². The Kier molecular flexibility index (Phi) is 2.97. The van der Waals surface area contributed by atoms with Crippen molar-refractivity contribution < 1.29 is 18.0 Å². The van der Waals surface area contributed by atoms with Crippen LogP contribution < -0.4 is 5.73 Å². The van der Waals surface area contributed by atoms with Gasteiger partial charge in [0.1, 0.15) is 6.33 Å². The van der Waals surface area contributed by atoms with E-state index in [1.807, 2.05) is 0 Å². The number of halogens is 3. The predicted octanol–water partition coefficient (Wildman–Crippen LogP) is 0.425. The van der Waals surface area contributed by atoms with Crippen LogP contribution in [-0.2, 0) is 10.3 Å². The van der Waals surface area contributed by atoms with Crippen LogP contribution >= 0.6 is 0 Å². The zero-order chi connectivity index (χ0) is 13.4. The summed E-state index contributed by atoms with van der Waals surface area (Å²) in [7, 11) is 0. The van der Waals surface area contributed by atoms with Crippen LogP contribution in [0, 0.1) is 0 Å². The van der Waals surface area contributed by atoms with E-state index in [9.17, 15) is 18.0 Å². The Morgan fingerprint density at radius 2 is 2.00 bits per heavy atom. The molecule has 18 heavy (non-hydrogen) atoms. The van der Waals surface area contributed by atoms with Crippen molar-refractivity contribution in [2.75, 3.05) is 13.1 Å². The van der Waals surface area contributed by atoms with E-state index in [1.165, 1.54) is 18.7 Å². The van der Waals surface area contributed by atoms with Crippen molar-refractivity contribution in [3.05, 3.63) is 24.3 Å². The largest absolute Gasteiger partial charge is 0.471 e. The fourth-order valence-electron chi connectivity index (χ4n) is 1.98. The first-order valence-electron chi connectivity index (χ1n) is 5.23. The Morgan fingerprint density at radius 3 is 2.56 bits per heavy atom. The van der Waals surface area contributed by atoms with Gasteiger partial charge in [-0.2, -0.15) is 13.2 Å². The molecule has 5 nitrogen and oxygen atoms in total. The smallest absolute Gasteiger partial charge is 0.333 e. The number of hydrogen-bond donors (Lipinski definition) is 1. The van der Waals surface area contributed by atoms with Gasteiger partial charge in [0.2, 0.25) is 0 Å². The Hall–Kier alpha value is -1.70. The third-order valence-corrected chi connectivity index (χ3v) is 2.97. The second kappa shape index (κ2) is 4.20. The van der Waals surface area contributed by atoms with Crippen molar-refractivity contribution in [2.24, 2.45) is 5.73 Å². The molecule has 1 aliphatic heterocycles. The van der Waals surface area contributed by atoms with Crippen LogP contribution in [0.2, 0.25) is 0 Å². The second-order valence-electron chi connectivity index (χ2n) is 4.26. The highest BCUT2D eigenvalue weighted by Crippen LogP contribution is 2.31.